The van der Waals surface area contributed by atoms with E-state index in [0.717, 1.165) is 0 Å². The van der Waals surface area contributed by atoms with Crippen molar-refractivity contribution in [2.24, 2.45) is 0 Å². The number of unbranched alkanes of at least 4 members (excludes halogenated alkanes) is 4. The topological polar surface area (TPSA) is 21.3 Å². The van der Waals surface area contributed by atoms with Crippen LogP contribution in [0.15, 0.2) is 0 Å². The van der Waals surface area contributed by atoms with Gasteiger partial charge in [-0.25, -0.2) is 0 Å². The van der Waals surface area contributed by atoms with E-state index in [2.05, 4.69) is 23.9 Å². The standard InChI is InChI=1S/C7H16.C4H6F3NO.ClH/c1-3-5-7-6-4-2;5-4(6,7)9-3-1-8-2-3;/h3-7H2,1-2H3;3,8H,1-2H2;1H. The lowest BCUT2D eigenvalue weighted by Crippen LogP contribution is -2.50. The Kier molecular flexibility index (Phi) is 12.6. The average Bonchev–Trinajstić information content (AvgIpc) is 2.13. The highest BCUT2D eigenvalue weighted by Gasteiger charge is 2.35. The molecule has 1 aliphatic rings. The van der Waals surface area contributed by atoms with Gasteiger partial charge in [0.2, 0.25) is 0 Å². The Bertz CT molecular complexity index is 159. The molecule has 0 aromatic carbocycles. The van der Waals surface area contributed by atoms with Gasteiger partial charge in [0, 0.05) is 13.1 Å². The van der Waals surface area contributed by atoms with Gasteiger partial charge in [-0.05, 0) is 0 Å². The molecule has 0 radical (unpaired) electrons. The molecule has 0 aromatic rings. The molecule has 0 amide bonds. The summed E-state index contributed by atoms with van der Waals surface area (Å²) in [4.78, 5) is 0. The lowest BCUT2D eigenvalue weighted by molar-refractivity contribution is -0.346. The van der Waals surface area contributed by atoms with Crippen molar-refractivity contribution in [1.82, 2.24) is 5.32 Å². The molecule has 0 unspecified atom stereocenters. The maximum Gasteiger partial charge on any atom is 0.522 e. The molecule has 1 heterocycles. The maximum absolute atomic E-state index is 11.3. The summed E-state index contributed by atoms with van der Waals surface area (Å²) in [5.41, 5.74) is 0. The van der Waals surface area contributed by atoms with Gasteiger partial charge >= 0.3 is 6.36 Å². The molecule has 17 heavy (non-hydrogen) atoms. The molecular weight excluding hydrogens is 255 g/mol. The number of nitrogens with one attached hydrogen (secondary N) is 1. The first-order valence-corrected chi connectivity index (χ1v) is 5.94. The van der Waals surface area contributed by atoms with E-state index in [1.54, 1.807) is 0 Å². The van der Waals surface area contributed by atoms with Gasteiger partial charge in [-0.3, -0.25) is 4.74 Å². The number of alkyl halides is 3. The highest BCUT2D eigenvalue weighted by molar-refractivity contribution is 5.85. The van der Waals surface area contributed by atoms with Gasteiger partial charge in [0.15, 0.2) is 0 Å². The van der Waals surface area contributed by atoms with Crippen LogP contribution >= 0.6 is 12.4 Å². The van der Waals surface area contributed by atoms with Crippen molar-refractivity contribution >= 4 is 12.4 Å². The van der Waals surface area contributed by atoms with E-state index < -0.39 is 12.5 Å². The number of hydrogen-bond donors (Lipinski definition) is 1. The van der Waals surface area contributed by atoms with Crippen LogP contribution in [0.3, 0.4) is 0 Å². The fourth-order valence-corrected chi connectivity index (χ4v) is 1.21. The number of halogens is 4. The van der Waals surface area contributed by atoms with Crippen LogP contribution in [0, 0.1) is 0 Å². The Morgan fingerprint density at radius 2 is 1.53 bits per heavy atom. The minimum Gasteiger partial charge on any atom is -0.311 e. The van der Waals surface area contributed by atoms with Gasteiger partial charge in [-0.2, -0.15) is 0 Å². The van der Waals surface area contributed by atoms with Gasteiger partial charge in [0.25, 0.3) is 0 Å². The van der Waals surface area contributed by atoms with E-state index in [9.17, 15) is 13.2 Å². The first-order valence-electron chi connectivity index (χ1n) is 5.94. The Balaban J connectivity index is 0. The number of hydrogen-bond acceptors (Lipinski definition) is 2. The Labute approximate surface area is 108 Å². The summed E-state index contributed by atoms with van der Waals surface area (Å²) >= 11 is 0. The number of rotatable bonds is 5. The summed E-state index contributed by atoms with van der Waals surface area (Å²) in [7, 11) is 0. The Morgan fingerprint density at radius 1 is 1.06 bits per heavy atom. The molecule has 0 atom stereocenters. The van der Waals surface area contributed by atoms with Crippen molar-refractivity contribution in [2.75, 3.05) is 13.1 Å². The molecule has 0 aromatic heterocycles. The second kappa shape index (κ2) is 11.1. The second-order valence-corrected chi connectivity index (χ2v) is 3.90. The molecule has 0 bridgehead atoms. The molecule has 1 saturated heterocycles. The molecule has 0 aliphatic carbocycles. The van der Waals surface area contributed by atoms with Gasteiger partial charge in [0.1, 0.15) is 0 Å². The third-order valence-electron chi connectivity index (χ3n) is 2.25. The van der Waals surface area contributed by atoms with Crippen LogP contribution in [0.4, 0.5) is 13.2 Å². The highest BCUT2D eigenvalue weighted by atomic mass is 35.5. The van der Waals surface area contributed by atoms with E-state index in [0.29, 0.717) is 13.1 Å². The van der Waals surface area contributed by atoms with Crippen LogP contribution in [0.1, 0.15) is 46.0 Å². The molecule has 1 fully saturated rings. The largest absolute Gasteiger partial charge is 0.522 e. The lowest BCUT2D eigenvalue weighted by atomic mass is 10.2. The Morgan fingerprint density at radius 3 is 1.71 bits per heavy atom. The molecule has 0 saturated carbocycles. The van der Waals surface area contributed by atoms with Crippen LogP contribution in [-0.4, -0.2) is 25.6 Å². The first-order chi connectivity index (χ1) is 7.49. The third kappa shape index (κ3) is 13.9. The summed E-state index contributed by atoms with van der Waals surface area (Å²) in [6.45, 7) is 5.10. The van der Waals surface area contributed by atoms with E-state index in [-0.39, 0.29) is 12.4 Å². The molecule has 0 spiro atoms. The summed E-state index contributed by atoms with van der Waals surface area (Å²) in [6, 6.07) is 0. The zero-order valence-corrected chi connectivity index (χ0v) is 11.3. The van der Waals surface area contributed by atoms with E-state index in [1.807, 2.05) is 0 Å². The second-order valence-electron chi connectivity index (χ2n) is 3.90. The van der Waals surface area contributed by atoms with E-state index in [4.69, 9.17) is 0 Å². The molecule has 2 nitrogen and oxygen atoms in total. The van der Waals surface area contributed by atoms with Crippen molar-refractivity contribution in [3.63, 3.8) is 0 Å². The Hall–Kier alpha value is -0.0000000000000000416. The van der Waals surface area contributed by atoms with Gasteiger partial charge in [-0.1, -0.05) is 46.0 Å². The molecule has 6 heteroatoms. The zero-order valence-electron chi connectivity index (χ0n) is 10.5. The van der Waals surface area contributed by atoms with Gasteiger partial charge in [-0.15, -0.1) is 25.6 Å². The number of ether oxygens (including phenoxy) is 1. The van der Waals surface area contributed by atoms with Crippen molar-refractivity contribution in [3.05, 3.63) is 0 Å². The highest BCUT2D eigenvalue weighted by Crippen LogP contribution is 2.19. The maximum atomic E-state index is 11.3. The fourth-order valence-electron chi connectivity index (χ4n) is 1.21. The van der Waals surface area contributed by atoms with E-state index >= 15 is 0 Å². The van der Waals surface area contributed by atoms with E-state index in [1.165, 1.54) is 32.1 Å². The lowest BCUT2D eigenvalue weighted by Gasteiger charge is -2.27. The van der Waals surface area contributed by atoms with Crippen LogP contribution in [0.5, 0.6) is 0 Å². The monoisotopic (exact) mass is 277 g/mol. The minimum absolute atomic E-state index is 0. The van der Waals surface area contributed by atoms with Crippen molar-refractivity contribution in [2.45, 2.75) is 58.4 Å². The predicted octanol–water partition coefficient (Wildman–Crippen LogP) is 3.89. The predicted molar refractivity (Wildman–Crippen MR) is 65.5 cm³/mol. The SMILES string of the molecule is CCCCCCC.Cl.FC(F)(F)OC1CNC1. The van der Waals surface area contributed by atoms with Crippen LogP contribution in [0.25, 0.3) is 0 Å². The summed E-state index contributed by atoms with van der Waals surface area (Å²) in [6.07, 6.45) is 1.88. The van der Waals surface area contributed by atoms with Crippen LogP contribution in [0.2, 0.25) is 0 Å². The summed E-state index contributed by atoms with van der Waals surface area (Å²) in [5.74, 6) is 0. The van der Waals surface area contributed by atoms with Crippen LogP contribution in [-0.2, 0) is 4.74 Å². The summed E-state index contributed by atoms with van der Waals surface area (Å²) < 4.78 is 37.4. The fraction of sp³-hybridized carbons (Fsp3) is 1.00. The van der Waals surface area contributed by atoms with Crippen molar-refractivity contribution in [3.8, 4) is 0 Å². The molecular formula is C11H23ClF3NO. The van der Waals surface area contributed by atoms with Crippen molar-refractivity contribution < 1.29 is 17.9 Å². The normalized spacial score (nSPS) is 15.4. The third-order valence-corrected chi connectivity index (χ3v) is 2.25. The molecule has 1 aliphatic heterocycles. The van der Waals surface area contributed by atoms with Gasteiger partial charge in [0.05, 0.1) is 6.10 Å². The average molecular weight is 278 g/mol. The van der Waals surface area contributed by atoms with Gasteiger partial charge < -0.3 is 5.32 Å². The quantitative estimate of drug-likeness (QED) is 0.770. The minimum atomic E-state index is -4.47. The zero-order chi connectivity index (χ0) is 12.4. The summed E-state index contributed by atoms with van der Waals surface area (Å²) in [5, 5.41) is 2.66. The smallest absolute Gasteiger partial charge is 0.311 e. The molecule has 106 valence electrons. The first kappa shape index (κ1) is 19.3. The molecule has 1 N–H and O–H groups in total. The van der Waals surface area contributed by atoms with Crippen molar-refractivity contribution in [1.29, 1.82) is 0 Å². The molecule has 1 rings (SSSR count). The van der Waals surface area contributed by atoms with Crippen LogP contribution < -0.4 is 5.32 Å².